The van der Waals surface area contributed by atoms with Crippen LogP contribution in [0.2, 0.25) is 0 Å². The molecule has 0 aromatic carbocycles. The Labute approximate surface area is 69.9 Å². The second-order valence-electron chi connectivity index (χ2n) is 2.23. The van der Waals surface area contributed by atoms with E-state index in [0.717, 1.165) is 0 Å². The predicted molar refractivity (Wildman–Crippen MR) is 42.5 cm³/mol. The first-order valence-electron chi connectivity index (χ1n) is 3.35. The van der Waals surface area contributed by atoms with Gasteiger partial charge in [-0.05, 0) is 0 Å². The summed E-state index contributed by atoms with van der Waals surface area (Å²) in [7, 11) is 2.83. The molecule has 1 unspecified atom stereocenters. The van der Waals surface area contributed by atoms with Crippen molar-refractivity contribution in [2.24, 2.45) is 10.7 Å². The van der Waals surface area contributed by atoms with Gasteiger partial charge >= 0.3 is 0 Å². The lowest BCUT2D eigenvalue weighted by atomic mass is 10.2. The maximum absolute atomic E-state index is 11.1. The number of aliphatic imine (C=N–C) groups is 1. The van der Waals surface area contributed by atoms with E-state index in [9.17, 15) is 4.79 Å². The first kappa shape index (κ1) is 8.73. The number of ketones is 1. The van der Waals surface area contributed by atoms with Crippen LogP contribution in [0.5, 0.6) is 0 Å². The summed E-state index contributed by atoms with van der Waals surface area (Å²) in [6.07, 6.45) is 0.437. The van der Waals surface area contributed by atoms with Gasteiger partial charge in [0, 0.05) is 13.2 Å². The average Bonchev–Trinajstić information content (AvgIpc) is 2.05. The highest BCUT2D eigenvalue weighted by atomic mass is 16.5. The summed E-state index contributed by atoms with van der Waals surface area (Å²) in [5.41, 5.74) is 5.66. The van der Waals surface area contributed by atoms with E-state index in [1.807, 2.05) is 0 Å². The van der Waals surface area contributed by atoms with Crippen LogP contribution < -0.4 is 5.73 Å². The molecule has 0 amide bonds. The SMILES string of the molecule is COC1=NC(OC)C(=O)C=C1N. The van der Waals surface area contributed by atoms with E-state index in [1.54, 1.807) is 0 Å². The third-order valence-electron chi connectivity index (χ3n) is 1.44. The van der Waals surface area contributed by atoms with E-state index in [1.165, 1.54) is 20.3 Å². The molecule has 12 heavy (non-hydrogen) atoms. The highest BCUT2D eigenvalue weighted by Gasteiger charge is 2.22. The molecule has 0 saturated heterocycles. The lowest BCUT2D eigenvalue weighted by Gasteiger charge is -2.15. The number of ether oxygens (including phenoxy) is 2. The summed E-state index contributed by atoms with van der Waals surface area (Å²) in [6, 6.07) is 0. The van der Waals surface area contributed by atoms with Gasteiger partial charge in [0.1, 0.15) is 0 Å². The Morgan fingerprint density at radius 2 is 2.25 bits per heavy atom. The molecule has 1 aliphatic rings. The Balaban J connectivity index is 2.89. The third kappa shape index (κ3) is 1.45. The molecule has 0 bridgehead atoms. The molecule has 5 nitrogen and oxygen atoms in total. The zero-order chi connectivity index (χ0) is 9.14. The lowest BCUT2D eigenvalue weighted by molar-refractivity contribution is -0.123. The molecule has 0 aliphatic carbocycles. The second-order valence-corrected chi connectivity index (χ2v) is 2.23. The first-order chi connectivity index (χ1) is 5.69. The van der Waals surface area contributed by atoms with Gasteiger partial charge in [0.15, 0.2) is 0 Å². The summed E-state index contributed by atoms with van der Waals surface area (Å²) in [6.45, 7) is 0. The summed E-state index contributed by atoms with van der Waals surface area (Å²) >= 11 is 0. The van der Waals surface area contributed by atoms with E-state index in [0.29, 0.717) is 0 Å². The minimum absolute atomic E-state index is 0.232. The van der Waals surface area contributed by atoms with Crippen LogP contribution in [0.15, 0.2) is 16.8 Å². The molecule has 0 spiro atoms. The minimum Gasteiger partial charge on any atom is -0.480 e. The third-order valence-corrected chi connectivity index (χ3v) is 1.44. The van der Waals surface area contributed by atoms with Gasteiger partial charge in [-0.15, -0.1) is 0 Å². The Bertz CT molecular complexity index is 257. The molecule has 2 N–H and O–H groups in total. The minimum atomic E-state index is -0.813. The van der Waals surface area contributed by atoms with Gasteiger partial charge in [0.2, 0.25) is 17.9 Å². The van der Waals surface area contributed by atoms with Crippen molar-refractivity contribution < 1.29 is 14.3 Å². The highest BCUT2D eigenvalue weighted by molar-refractivity contribution is 6.07. The molecular weight excluding hydrogens is 160 g/mol. The largest absolute Gasteiger partial charge is 0.480 e. The van der Waals surface area contributed by atoms with Crippen LogP contribution in [0.3, 0.4) is 0 Å². The fraction of sp³-hybridized carbons (Fsp3) is 0.429. The van der Waals surface area contributed by atoms with E-state index in [-0.39, 0.29) is 17.4 Å². The molecule has 1 atom stereocenters. The van der Waals surface area contributed by atoms with Crippen LogP contribution in [0.4, 0.5) is 0 Å². The molecule has 1 rings (SSSR count). The zero-order valence-electron chi connectivity index (χ0n) is 6.90. The van der Waals surface area contributed by atoms with Gasteiger partial charge in [0.05, 0.1) is 12.8 Å². The van der Waals surface area contributed by atoms with Gasteiger partial charge in [0.25, 0.3) is 0 Å². The fourth-order valence-electron chi connectivity index (χ4n) is 0.870. The van der Waals surface area contributed by atoms with Crippen molar-refractivity contribution in [3.63, 3.8) is 0 Å². The van der Waals surface area contributed by atoms with Crippen molar-refractivity contribution >= 4 is 11.7 Å². The van der Waals surface area contributed by atoms with Crippen molar-refractivity contribution in [2.45, 2.75) is 6.23 Å². The second kappa shape index (κ2) is 3.36. The van der Waals surface area contributed by atoms with Crippen LogP contribution in [-0.2, 0) is 14.3 Å². The first-order valence-corrected chi connectivity index (χ1v) is 3.35. The quantitative estimate of drug-likeness (QED) is 0.571. The van der Waals surface area contributed by atoms with Crippen LogP contribution in [0.25, 0.3) is 0 Å². The van der Waals surface area contributed by atoms with E-state index in [4.69, 9.17) is 15.2 Å². The van der Waals surface area contributed by atoms with E-state index >= 15 is 0 Å². The van der Waals surface area contributed by atoms with Gasteiger partial charge in [-0.3, -0.25) is 4.79 Å². The van der Waals surface area contributed by atoms with Crippen molar-refractivity contribution in [3.8, 4) is 0 Å². The summed E-state index contributed by atoms with van der Waals surface area (Å²) < 4.78 is 9.57. The molecular formula is C7H10N2O3. The van der Waals surface area contributed by atoms with Gasteiger partial charge in [-0.1, -0.05) is 0 Å². The van der Waals surface area contributed by atoms with Crippen molar-refractivity contribution in [3.05, 3.63) is 11.8 Å². The fourth-order valence-corrected chi connectivity index (χ4v) is 0.870. The Hall–Kier alpha value is -1.36. The number of nitrogens with zero attached hydrogens (tertiary/aromatic N) is 1. The van der Waals surface area contributed by atoms with E-state index < -0.39 is 6.23 Å². The zero-order valence-corrected chi connectivity index (χ0v) is 6.90. The maximum Gasteiger partial charge on any atom is 0.235 e. The van der Waals surface area contributed by atoms with Crippen LogP contribution in [-0.4, -0.2) is 32.1 Å². The maximum atomic E-state index is 11.1. The van der Waals surface area contributed by atoms with Gasteiger partial charge in [-0.2, -0.15) is 0 Å². The Kier molecular flexibility index (Phi) is 2.44. The molecule has 1 aliphatic heterocycles. The van der Waals surface area contributed by atoms with E-state index in [2.05, 4.69) is 4.99 Å². The van der Waals surface area contributed by atoms with Crippen LogP contribution >= 0.6 is 0 Å². The topological polar surface area (TPSA) is 73.9 Å². The van der Waals surface area contributed by atoms with Gasteiger partial charge < -0.3 is 15.2 Å². The predicted octanol–water partition coefficient (Wildman–Crippen LogP) is -0.571. The number of rotatable bonds is 1. The average molecular weight is 170 g/mol. The van der Waals surface area contributed by atoms with Crippen LogP contribution in [0.1, 0.15) is 0 Å². The van der Waals surface area contributed by atoms with Gasteiger partial charge in [-0.25, -0.2) is 4.99 Å². The number of methoxy groups -OCH3 is 2. The van der Waals surface area contributed by atoms with Crippen LogP contribution in [0, 0.1) is 0 Å². The Morgan fingerprint density at radius 3 is 2.75 bits per heavy atom. The number of hydrogen-bond donors (Lipinski definition) is 1. The molecule has 1 heterocycles. The highest BCUT2D eigenvalue weighted by Crippen LogP contribution is 2.07. The molecule has 66 valence electrons. The smallest absolute Gasteiger partial charge is 0.235 e. The molecule has 0 aromatic heterocycles. The Morgan fingerprint density at radius 1 is 1.58 bits per heavy atom. The summed E-state index contributed by atoms with van der Waals surface area (Å²) in [5.74, 6) is -0.0303. The molecule has 5 heteroatoms. The molecule has 0 saturated carbocycles. The molecule has 0 fully saturated rings. The summed E-state index contributed by atoms with van der Waals surface area (Å²) in [5, 5.41) is 0. The number of carbonyl (C=O) groups is 1. The van der Waals surface area contributed by atoms with Crippen molar-refractivity contribution in [1.29, 1.82) is 0 Å². The van der Waals surface area contributed by atoms with Crippen molar-refractivity contribution in [1.82, 2.24) is 0 Å². The standard InChI is InChI=1S/C7H10N2O3/c1-11-6-4(8)3-5(10)7(9-6)12-2/h3,7H,8H2,1-2H3. The summed E-state index contributed by atoms with van der Waals surface area (Å²) in [4.78, 5) is 14.9. The lowest BCUT2D eigenvalue weighted by Crippen LogP contribution is -2.29. The monoisotopic (exact) mass is 170 g/mol. The molecule has 0 aromatic rings. The number of carbonyl (C=O) groups excluding carboxylic acids is 1. The normalized spacial score (nSPS) is 23.2. The number of dihydropyridines is 1. The van der Waals surface area contributed by atoms with Crippen molar-refractivity contribution in [2.75, 3.05) is 14.2 Å². The number of hydrogen-bond acceptors (Lipinski definition) is 5. The number of nitrogens with two attached hydrogens (primary N) is 1. The molecule has 0 radical (unpaired) electrons.